The number of carbonyl (C=O) groups excluding carboxylic acids is 1. The zero-order chi connectivity index (χ0) is 23.7. The molecule has 0 saturated heterocycles. The molecule has 4 aromatic rings. The zero-order valence-corrected chi connectivity index (χ0v) is 20.1. The number of carbonyl (C=O) groups is 1. The number of hydrogen-bond acceptors (Lipinski definition) is 2. The highest BCUT2D eigenvalue weighted by Gasteiger charge is 2.11. The lowest BCUT2D eigenvalue weighted by atomic mass is 10.1. The Bertz CT molecular complexity index is 1310. The van der Waals surface area contributed by atoms with Gasteiger partial charge in [-0.2, -0.15) is 5.10 Å². The minimum absolute atomic E-state index is 0.234. The molecule has 5 nitrogen and oxygen atoms in total. The normalized spacial score (nSPS) is 11.3. The van der Waals surface area contributed by atoms with Gasteiger partial charge in [0.2, 0.25) is 0 Å². The van der Waals surface area contributed by atoms with Crippen molar-refractivity contribution in [2.45, 2.75) is 41.5 Å². The summed E-state index contributed by atoms with van der Waals surface area (Å²) >= 11 is 0. The van der Waals surface area contributed by atoms with Gasteiger partial charge in [-0.3, -0.25) is 4.79 Å². The molecule has 1 N–H and O–H groups in total. The van der Waals surface area contributed by atoms with Gasteiger partial charge in [0.25, 0.3) is 5.91 Å². The van der Waals surface area contributed by atoms with E-state index in [1.54, 1.807) is 6.21 Å². The van der Waals surface area contributed by atoms with Crippen molar-refractivity contribution < 1.29 is 4.79 Å². The maximum absolute atomic E-state index is 12.6. The number of aromatic nitrogens is 2. The second-order valence-corrected chi connectivity index (χ2v) is 8.71. The number of amides is 1. The van der Waals surface area contributed by atoms with Gasteiger partial charge in [0.1, 0.15) is 0 Å². The lowest BCUT2D eigenvalue weighted by Crippen LogP contribution is -2.17. The largest absolute Gasteiger partial charge is 0.319 e. The zero-order valence-electron chi connectivity index (χ0n) is 20.1. The molecule has 2 aromatic carbocycles. The molecule has 0 aliphatic carbocycles. The second-order valence-electron chi connectivity index (χ2n) is 8.71. The van der Waals surface area contributed by atoms with Gasteiger partial charge in [0.05, 0.1) is 6.21 Å². The molecule has 0 aliphatic rings. The molecule has 2 aromatic heterocycles. The van der Waals surface area contributed by atoms with Crippen LogP contribution in [0.5, 0.6) is 0 Å². The quantitative estimate of drug-likeness (QED) is 0.307. The van der Waals surface area contributed by atoms with E-state index in [9.17, 15) is 4.79 Å². The van der Waals surface area contributed by atoms with Crippen LogP contribution in [0.4, 0.5) is 0 Å². The summed E-state index contributed by atoms with van der Waals surface area (Å²) in [5.74, 6) is -0.234. The van der Waals surface area contributed by atoms with Gasteiger partial charge >= 0.3 is 0 Å². The van der Waals surface area contributed by atoms with E-state index < -0.39 is 0 Å². The molecule has 4 rings (SSSR count). The van der Waals surface area contributed by atoms with Crippen LogP contribution in [0.15, 0.2) is 65.8 Å². The van der Waals surface area contributed by atoms with Crippen molar-refractivity contribution >= 4 is 12.1 Å². The minimum atomic E-state index is -0.234. The molecule has 0 unspecified atom stereocenters. The van der Waals surface area contributed by atoms with E-state index in [1.165, 1.54) is 11.1 Å². The fraction of sp³-hybridized carbons (Fsp3) is 0.214. The Morgan fingerprint density at radius 2 is 1.33 bits per heavy atom. The first-order chi connectivity index (χ1) is 15.7. The highest BCUT2D eigenvalue weighted by Crippen LogP contribution is 2.22. The van der Waals surface area contributed by atoms with E-state index in [4.69, 9.17) is 0 Å². The predicted octanol–water partition coefficient (Wildman–Crippen LogP) is 5.88. The summed E-state index contributed by atoms with van der Waals surface area (Å²) in [4.78, 5) is 12.6. The Kier molecular flexibility index (Phi) is 6.05. The van der Waals surface area contributed by atoms with Gasteiger partial charge in [-0.15, -0.1) is 0 Å². The predicted molar refractivity (Wildman–Crippen MR) is 135 cm³/mol. The van der Waals surface area contributed by atoms with Gasteiger partial charge in [0, 0.05) is 45.3 Å². The Balaban J connectivity index is 1.49. The smallest absolute Gasteiger partial charge is 0.271 e. The Labute approximate surface area is 195 Å². The Morgan fingerprint density at radius 3 is 1.94 bits per heavy atom. The van der Waals surface area contributed by atoms with Crippen molar-refractivity contribution in [2.24, 2.45) is 5.10 Å². The molecular weight excluding hydrogens is 408 g/mol. The highest BCUT2D eigenvalue weighted by molar-refractivity contribution is 5.95. The number of rotatable bonds is 5. The van der Waals surface area contributed by atoms with Crippen LogP contribution >= 0.6 is 0 Å². The van der Waals surface area contributed by atoms with Gasteiger partial charge in [-0.05, 0) is 107 Å². The number of benzene rings is 2. The fourth-order valence-corrected chi connectivity index (χ4v) is 4.46. The third-order valence-electron chi connectivity index (χ3n) is 5.96. The summed E-state index contributed by atoms with van der Waals surface area (Å²) in [7, 11) is 0. The van der Waals surface area contributed by atoms with Gasteiger partial charge in [0.15, 0.2) is 0 Å². The number of hydrazone groups is 1. The molecule has 33 heavy (non-hydrogen) atoms. The van der Waals surface area contributed by atoms with Crippen LogP contribution < -0.4 is 5.43 Å². The van der Waals surface area contributed by atoms with Crippen molar-refractivity contribution in [1.82, 2.24) is 14.6 Å². The molecule has 5 heteroatoms. The molecule has 0 atom stereocenters. The lowest BCUT2D eigenvalue weighted by molar-refractivity contribution is 0.0955. The topological polar surface area (TPSA) is 51.3 Å². The van der Waals surface area contributed by atoms with Crippen molar-refractivity contribution in [2.75, 3.05) is 0 Å². The summed E-state index contributed by atoms with van der Waals surface area (Å²) in [6.07, 6.45) is 1.71. The van der Waals surface area contributed by atoms with E-state index in [-0.39, 0.29) is 5.91 Å². The Morgan fingerprint density at radius 1 is 0.727 bits per heavy atom. The average molecular weight is 439 g/mol. The van der Waals surface area contributed by atoms with Gasteiger partial charge < -0.3 is 9.13 Å². The van der Waals surface area contributed by atoms with Crippen LogP contribution in [0.1, 0.15) is 49.8 Å². The van der Waals surface area contributed by atoms with Crippen molar-refractivity contribution in [3.05, 3.63) is 106 Å². The lowest BCUT2D eigenvalue weighted by Gasteiger charge is -2.11. The van der Waals surface area contributed by atoms with Gasteiger partial charge in [-0.25, -0.2) is 5.43 Å². The second kappa shape index (κ2) is 8.94. The number of hydrogen-bond donors (Lipinski definition) is 1. The van der Waals surface area contributed by atoms with Crippen LogP contribution in [0.25, 0.3) is 11.4 Å². The Hall–Kier alpha value is -3.86. The van der Waals surface area contributed by atoms with E-state index in [1.807, 2.05) is 24.3 Å². The standard InChI is InChI=1S/C28H30N4O/c1-18-13-19(2)15-27(14-18)32-22(5)16-25(23(32)6)17-29-30-28(33)24-9-11-26(12-10-24)31-20(3)7-8-21(31)4/h7-17H,1-6H3,(H,30,33)/b29-17-. The van der Waals surface area contributed by atoms with Gasteiger partial charge in [-0.1, -0.05) is 6.07 Å². The minimum Gasteiger partial charge on any atom is -0.319 e. The summed E-state index contributed by atoms with van der Waals surface area (Å²) in [6, 6.07) is 20.3. The third-order valence-corrected chi connectivity index (χ3v) is 5.96. The number of nitrogens with zero attached hydrogens (tertiary/aromatic N) is 3. The summed E-state index contributed by atoms with van der Waals surface area (Å²) in [6.45, 7) is 12.5. The molecule has 1 amide bonds. The molecular formula is C28H30N4O. The van der Waals surface area contributed by atoms with E-state index in [2.05, 4.69) is 97.6 Å². The monoisotopic (exact) mass is 438 g/mol. The maximum atomic E-state index is 12.6. The maximum Gasteiger partial charge on any atom is 0.271 e. The van der Waals surface area contributed by atoms with Crippen LogP contribution in [0.2, 0.25) is 0 Å². The van der Waals surface area contributed by atoms with E-state index in [0.29, 0.717) is 5.56 Å². The summed E-state index contributed by atoms with van der Waals surface area (Å²) < 4.78 is 4.37. The average Bonchev–Trinajstić information content (AvgIpc) is 3.24. The first-order valence-corrected chi connectivity index (χ1v) is 11.1. The summed E-state index contributed by atoms with van der Waals surface area (Å²) in [5.41, 5.74) is 13.4. The number of aryl methyl sites for hydroxylation is 5. The first-order valence-electron chi connectivity index (χ1n) is 11.1. The highest BCUT2D eigenvalue weighted by atomic mass is 16.2. The van der Waals surface area contributed by atoms with Crippen molar-refractivity contribution in [3.8, 4) is 11.4 Å². The van der Waals surface area contributed by atoms with Crippen molar-refractivity contribution in [1.29, 1.82) is 0 Å². The fourth-order valence-electron chi connectivity index (χ4n) is 4.46. The SMILES string of the molecule is Cc1cc(C)cc(-n2c(C)cc(/C=N\NC(=O)c3ccc(-n4c(C)ccc4C)cc3)c2C)c1. The van der Waals surface area contributed by atoms with E-state index in [0.717, 1.165) is 39.7 Å². The molecule has 0 bridgehead atoms. The number of nitrogens with one attached hydrogen (secondary N) is 1. The van der Waals surface area contributed by atoms with Crippen LogP contribution in [0.3, 0.4) is 0 Å². The van der Waals surface area contributed by atoms with Crippen LogP contribution in [0, 0.1) is 41.5 Å². The van der Waals surface area contributed by atoms with Crippen molar-refractivity contribution in [3.63, 3.8) is 0 Å². The molecule has 0 saturated carbocycles. The molecule has 0 spiro atoms. The third kappa shape index (κ3) is 4.53. The summed E-state index contributed by atoms with van der Waals surface area (Å²) in [5, 5.41) is 4.22. The molecule has 0 fully saturated rings. The molecule has 0 aliphatic heterocycles. The molecule has 2 heterocycles. The molecule has 168 valence electrons. The van der Waals surface area contributed by atoms with Crippen LogP contribution in [-0.4, -0.2) is 21.3 Å². The van der Waals surface area contributed by atoms with E-state index >= 15 is 0 Å². The first kappa shape index (κ1) is 22.3. The van der Waals surface area contributed by atoms with Crippen LogP contribution in [-0.2, 0) is 0 Å². The molecule has 0 radical (unpaired) electrons.